The van der Waals surface area contributed by atoms with Crippen LogP contribution in [0.5, 0.6) is 0 Å². The molecule has 3 heteroatoms. The molecule has 308 valence electrons. The molecule has 0 aliphatic rings. The molecule has 14 aromatic rings. The fourth-order valence-corrected chi connectivity index (χ4v) is 11.1. The van der Waals surface area contributed by atoms with Gasteiger partial charge in [-0.15, -0.1) is 0 Å². The molecule has 11 aromatic carbocycles. The van der Waals surface area contributed by atoms with Gasteiger partial charge in [-0.2, -0.15) is 0 Å². The molecule has 3 nitrogen and oxygen atoms in total. The van der Waals surface area contributed by atoms with E-state index in [9.17, 15) is 0 Å². The number of rotatable bonds is 6. The summed E-state index contributed by atoms with van der Waals surface area (Å²) in [6, 6.07) is 87.3. The molecule has 0 fully saturated rings. The van der Waals surface area contributed by atoms with Crippen molar-refractivity contribution in [2.75, 3.05) is 0 Å². The van der Waals surface area contributed by atoms with Gasteiger partial charge in [0.25, 0.3) is 0 Å². The van der Waals surface area contributed by atoms with Crippen LogP contribution in [0, 0.1) is 0 Å². The smallest absolute Gasteiger partial charge is 0.0541 e. The van der Waals surface area contributed by atoms with E-state index >= 15 is 0 Å². The lowest BCUT2D eigenvalue weighted by Crippen LogP contribution is -2.01. The first-order valence-corrected chi connectivity index (χ1v) is 22.9. The lowest BCUT2D eigenvalue weighted by molar-refractivity contribution is 0.882. The highest BCUT2D eigenvalue weighted by Crippen LogP contribution is 2.41. The van der Waals surface area contributed by atoms with Gasteiger partial charge in [-0.3, -0.25) is 0 Å². The van der Waals surface area contributed by atoms with E-state index < -0.39 is 0 Å². The second kappa shape index (κ2) is 14.4. The Hall–Kier alpha value is -8.66. The summed E-state index contributed by atoms with van der Waals surface area (Å²) < 4.78 is 7.33. The molecule has 0 saturated heterocycles. The molecule has 0 atom stereocenters. The van der Waals surface area contributed by atoms with Gasteiger partial charge in [0.2, 0.25) is 0 Å². The molecule has 0 saturated carbocycles. The van der Waals surface area contributed by atoms with Crippen molar-refractivity contribution in [1.82, 2.24) is 13.7 Å². The van der Waals surface area contributed by atoms with Crippen molar-refractivity contribution in [3.05, 3.63) is 242 Å². The van der Waals surface area contributed by atoms with Crippen LogP contribution in [0.3, 0.4) is 0 Å². The largest absolute Gasteiger partial charge is 0.336 e. The average molecular weight is 840 g/mol. The van der Waals surface area contributed by atoms with Gasteiger partial charge in [0, 0.05) is 61.3 Å². The van der Waals surface area contributed by atoms with Gasteiger partial charge in [0.05, 0.1) is 22.1 Å². The van der Waals surface area contributed by atoms with Crippen LogP contribution in [0.4, 0.5) is 0 Å². The summed E-state index contributed by atoms with van der Waals surface area (Å²) in [6.45, 7) is 0.746. The summed E-state index contributed by atoms with van der Waals surface area (Å²) in [5.74, 6) is 0. The fourth-order valence-electron chi connectivity index (χ4n) is 11.1. The SMILES string of the molecule is c1ccc(-n2c3ccccc3c3cc(-c4ccc5c(c4)c4cc(-c6ccc7c(c6)c6ccccc6n7-c6ccccc6)ccc4n5Cc4c5ccccc5cc5ccccc45)ccc32)cc1. The van der Waals surface area contributed by atoms with Gasteiger partial charge >= 0.3 is 0 Å². The Kier molecular flexibility index (Phi) is 8.04. The van der Waals surface area contributed by atoms with Crippen molar-refractivity contribution < 1.29 is 0 Å². The predicted molar refractivity (Wildman–Crippen MR) is 280 cm³/mol. The summed E-state index contributed by atoms with van der Waals surface area (Å²) >= 11 is 0. The minimum atomic E-state index is 0.746. The first-order valence-electron chi connectivity index (χ1n) is 22.9. The standard InChI is InChI=1S/C63H41N3/c1-3-17-47(18-4-1)65-60-25-13-11-23-51(60)53-36-43(29-33-62(53)65)41-27-31-58-55(38-41)56-39-42(44-30-34-63-54(37-44)52-24-12-14-26-61(52)66(63)48-19-5-2-6-20-48)28-32-59(56)64(58)40-57-49-21-9-7-15-45(49)35-46-16-8-10-22-50(46)57/h1-39H,40H2. The summed E-state index contributed by atoms with van der Waals surface area (Å²) in [7, 11) is 0. The van der Waals surface area contributed by atoms with Gasteiger partial charge < -0.3 is 13.7 Å². The van der Waals surface area contributed by atoms with Crippen molar-refractivity contribution in [3.8, 4) is 33.6 Å². The van der Waals surface area contributed by atoms with Crippen LogP contribution in [-0.4, -0.2) is 13.7 Å². The molecule has 3 aromatic heterocycles. The Morgan fingerprint density at radius 1 is 0.242 bits per heavy atom. The monoisotopic (exact) mass is 839 g/mol. The van der Waals surface area contributed by atoms with Crippen LogP contribution in [0.2, 0.25) is 0 Å². The Labute approximate surface area is 381 Å². The van der Waals surface area contributed by atoms with Crippen LogP contribution in [0.25, 0.3) is 121 Å². The summed E-state index contributed by atoms with van der Waals surface area (Å²) in [5, 5.41) is 12.7. The highest BCUT2D eigenvalue weighted by atomic mass is 15.0. The molecule has 3 heterocycles. The first-order chi connectivity index (χ1) is 32.7. The Bertz CT molecular complexity index is 3970. The van der Waals surface area contributed by atoms with E-state index in [1.165, 1.54) is 126 Å². The van der Waals surface area contributed by atoms with Crippen molar-refractivity contribution in [3.63, 3.8) is 0 Å². The normalized spacial score (nSPS) is 12.0. The summed E-state index contributed by atoms with van der Waals surface area (Å²) in [4.78, 5) is 0. The molecule has 0 N–H and O–H groups in total. The maximum atomic E-state index is 2.56. The zero-order valence-electron chi connectivity index (χ0n) is 36.1. The Morgan fingerprint density at radius 3 is 1.02 bits per heavy atom. The van der Waals surface area contributed by atoms with Gasteiger partial charge in [-0.25, -0.2) is 0 Å². The molecular weight excluding hydrogens is 799 g/mol. The molecule has 0 aliphatic carbocycles. The quantitative estimate of drug-likeness (QED) is 0.148. The summed E-state index contributed by atoms with van der Waals surface area (Å²) in [6.07, 6.45) is 0. The van der Waals surface area contributed by atoms with Crippen LogP contribution in [-0.2, 0) is 6.54 Å². The molecule has 66 heavy (non-hydrogen) atoms. The predicted octanol–water partition coefficient (Wildman–Crippen LogP) is 16.7. The van der Waals surface area contributed by atoms with Crippen molar-refractivity contribution in [1.29, 1.82) is 0 Å². The van der Waals surface area contributed by atoms with E-state index in [2.05, 4.69) is 250 Å². The first kappa shape index (κ1) is 36.8. The number of hydrogen-bond donors (Lipinski definition) is 0. The molecule has 0 spiro atoms. The Balaban J connectivity index is 0.982. The van der Waals surface area contributed by atoms with E-state index in [4.69, 9.17) is 0 Å². The van der Waals surface area contributed by atoms with Crippen molar-refractivity contribution in [2.45, 2.75) is 6.54 Å². The number of aromatic nitrogens is 3. The molecule has 14 rings (SSSR count). The van der Waals surface area contributed by atoms with Gasteiger partial charge in [-0.05, 0) is 140 Å². The van der Waals surface area contributed by atoms with E-state index in [1.54, 1.807) is 0 Å². The second-order valence-electron chi connectivity index (χ2n) is 17.7. The van der Waals surface area contributed by atoms with Gasteiger partial charge in [0.1, 0.15) is 0 Å². The Morgan fingerprint density at radius 2 is 0.576 bits per heavy atom. The van der Waals surface area contributed by atoms with Crippen molar-refractivity contribution in [2.24, 2.45) is 0 Å². The van der Waals surface area contributed by atoms with E-state index in [-0.39, 0.29) is 0 Å². The van der Waals surface area contributed by atoms with E-state index in [0.29, 0.717) is 0 Å². The third kappa shape index (κ3) is 5.57. The average Bonchev–Trinajstić information content (AvgIpc) is 4.01. The van der Waals surface area contributed by atoms with Crippen LogP contribution < -0.4 is 0 Å². The van der Waals surface area contributed by atoms with Crippen molar-refractivity contribution >= 4 is 87.0 Å². The third-order valence-corrected chi connectivity index (χ3v) is 14.1. The lowest BCUT2D eigenvalue weighted by Gasteiger charge is -2.15. The van der Waals surface area contributed by atoms with Crippen LogP contribution >= 0.6 is 0 Å². The number of nitrogens with zero attached hydrogens (tertiary/aromatic N) is 3. The topological polar surface area (TPSA) is 14.8 Å². The zero-order chi connectivity index (χ0) is 43.3. The van der Waals surface area contributed by atoms with Gasteiger partial charge in [-0.1, -0.05) is 146 Å². The van der Waals surface area contributed by atoms with Crippen LogP contribution in [0.1, 0.15) is 5.56 Å². The number of hydrogen-bond acceptors (Lipinski definition) is 0. The zero-order valence-corrected chi connectivity index (χ0v) is 36.1. The highest BCUT2D eigenvalue weighted by Gasteiger charge is 2.19. The maximum Gasteiger partial charge on any atom is 0.0541 e. The minimum absolute atomic E-state index is 0.746. The number of fused-ring (bicyclic) bond motifs is 11. The maximum absolute atomic E-state index is 2.56. The highest BCUT2D eigenvalue weighted by molar-refractivity contribution is 6.14. The second-order valence-corrected chi connectivity index (χ2v) is 17.7. The van der Waals surface area contributed by atoms with E-state index in [1.807, 2.05) is 0 Å². The molecule has 0 bridgehead atoms. The molecule has 0 aliphatic heterocycles. The minimum Gasteiger partial charge on any atom is -0.336 e. The molecular formula is C63H41N3. The fraction of sp³-hybridized carbons (Fsp3) is 0.0159. The summed E-state index contributed by atoms with van der Waals surface area (Å²) in [5.41, 5.74) is 15.8. The molecule has 0 radical (unpaired) electrons. The lowest BCUT2D eigenvalue weighted by atomic mass is 9.96. The van der Waals surface area contributed by atoms with E-state index in [0.717, 1.165) is 6.54 Å². The van der Waals surface area contributed by atoms with Gasteiger partial charge in [0.15, 0.2) is 0 Å². The molecule has 0 amide bonds. The molecule has 0 unspecified atom stereocenters. The third-order valence-electron chi connectivity index (χ3n) is 14.1. The number of benzene rings is 11. The van der Waals surface area contributed by atoms with Crippen LogP contribution in [0.15, 0.2) is 237 Å². The number of para-hydroxylation sites is 4.